The molecule has 1 amide bonds. The first-order valence-corrected chi connectivity index (χ1v) is 8.34. The molecule has 1 aromatic carbocycles. The summed E-state index contributed by atoms with van der Waals surface area (Å²) in [6, 6.07) is 7.41. The van der Waals surface area contributed by atoms with Crippen LogP contribution in [0.2, 0.25) is 0 Å². The lowest BCUT2D eigenvalue weighted by Crippen LogP contribution is -2.42. The fourth-order valence-corrected chi connectivity index (χ4v) is 2.70. The Bertz CT molecular complexity index is 702. The molecule has 0 saturated heterocycles. The van der Waals surface area contributed by atoms with Crippen molar-refractivity contribution in [2.75, 3.05) is 19.5 Å². The number of hydrogen-bond donors (Lipinski definition) is 1. The molecule has 1 heterocycles. The number of nitrogens with one attached hydrogen (secondary N) is 1. The van der Waals surface area contributed by atoms with Crippen LogP contribution in [0.15, 0.2) is 30.5 Å². The highest BCUT2D eigenvalue weighted by Gasteiger charge is 2.32. The molecule has 0 spiro atoms. The van der Waals surface area contributed by atoms with Gasteiger partial charge in [0.25, 0.3) is 5.91 Å². The Morgan fingerprint density at radius 2 is 2.04 bits per heavy atom. The molecule has 2 aromatic rings. The number of carbonyl (C=O) groups excluding carboxylic acids is 1. The second-order valence-corrected chi connectivity index (χ2v) is 6.06. The van der Waals surface area contributed by atoms with Crippen molar-refractivity contribution in [2.45, 2.75) is 45.1 Å². The van der Waals surface area contributed by atoms with Crippen molar-refractivity contribution in [1.82, 2.24) is 4.98 Å². The summed E-state index contributed by atoms with van der Waals surface area (Å²) in [7, 11) is 3.19. The molecule has 0 aliphatic heterocycles. The van der Waals surface area contributed by atoms with Crippen molar-refractivity contribution in [2.24, 2.45) is 0 Å². The normalized spacial score (nSPS) is 13.5. The molecule has 1 atom stereocenters. The van der Waals surface area contributed by atoms with Crippen LogP contribution in [-0.2, 0) is 9.53 Å². The van der Waals surface area contributed by atoms with Crippen molar-refractivity contribution < 1.29 is 14.3 Å². The second kappa shape index (κ2) is 8.11. The predicted octanol–water partition coefficient (Wildman–Crippen LogP) is 4.17. The van der Waals surface area contributed by atoms with Gasteiger partial charge < -0.3 is 14.8 Å². The first-order chi connectivity index (χ1) is 11.6. The van der Waals surface area contributed by atoms with Gasteiger partial charge in [0.2, 0.25) is 0 Å². The average molecular weight is 330 g/mol. The van der Waals surface area contributed by atoms with Gasteiger partial charge in [0.05, 0.1) is 12.8 Å². The Morgan fingerprint density at radius 1 is 1.25 bits per heavy atom. The number of carbonyl (C=O) groups is 1. The Morgan fingerprint density at radius 3 is 2.71 bits per heavy atom. The molecular weight excluding hydrogens is 304 g/mol. The van der Waals surface area contributed by atoms with Crippen LogP contribution in [0.25, 0.3) is 10.9 Å². The van der Waals surface area contributed by atoms with Gasteiger partial charge in [-0.05, 0) is 37.6 Å². The van der Waals surface area contributed by atoms with E-state index in [1.165, 1.54) is 0 Å². The van der Waals surface area contributed by atoms with Gasteiger partial charge in [0, 0.05) is 18.7 Å². The Labute approximate surface area is 143 Å². The number of amides is 1. The number of fused-ring (bicyclic) bond motifs is 1. The van der Waals surface area contributed by atoms with E-state index in [1.54, 1.807) is 20.4 Å². The van der Waals surface area contributed by atoms with Gasteiger partial charge in [-0.25, -0.2) is 0 Å². The predicted molar refractivity (Wildman–Crippen MR) is 96.5 cm³/mol. The lowest BCUT2D eigenvalue weighted by molar-refractivity contribution is -0.136. The smallest absolute Gasteiger partial charge is 0.256 e. The van der Waals surface area contributed by atoms with E-state index < -0.39 is 5.60 Å². The van der Waals surface area contributed by atoms with E-state index in [1.807, 2.05) is 31.2 Å². The minimum atomic E-state index is -0.844. The van der Waals surface area contributed by atoms with Crippen LogP contribution in [0.4, 0.5) is 5.69 Å². The number of methoxy groups -OCH3 is 2. The van der Waals surface area contributed by atoms with Gasteiger partial charge in [-0.15, -0.1) is 0 Å². The van der Waals surface area contributed by atoms with Crippen molar-refractivity contribution in [3.63, 3.8) is 0 Å². The highest BCUT2D eigenvalue weighted by Crippen LogP contribution is 2.31. The molecule has 0 saturated carbocycles. The van der Waals surface area contributed by atoms with Gasteiger partial charge in [-0.3, -0.25) is 9.78 Å². The average Bonchev–Trinajstić information content (AvgIpc) is 2.62. The van der Waals surface area contributed by atoms with E-state index in [2.05, 4.69) is 17.2 Å². The summed E-state index contributed by atoms with van der Waals surface area (Å²) in [6.07, 6.45) is 5.55. The Kier molecular flexibility index (Phi) is 6.15. The summed E-state index contributed by atoms with van der Waals surface area (Å²) in [4.78, 5) is 17.1. The zero-order chi connectivity index (χ0) is 17.6. The standard InChI is InChI=1S/C19H26N2O3/c1-5-6-7-12-19(2,24-4)18(22)21-15-10-11-16(23-3)17-14(15)9-8-13-20-17/h8-11,13H,5-7,12H2,1-4H3,(H,21,22)/t19-/m0/s1. The summed E-state index contributed by atoms with van der Waals surface area (Å²) in [5, 5.41) is 3.84. The molecule has 1 N–H and O–H groups in total. The highest BCUT2D eigenvalue weighted by atomic mass is 16.5. The SMILES string of the molecule is CCCCC[C@](C)(OC)C(=O)Nc1ccc(OC)c2ncccc12. The molecule has 0 radical (unpaired) electrons. The number of benzene rings is 1. The quantitative estimate of drug-likeness (QED) is 0.738. The van der Waals surface area contributed by atoms with Crippen molar-refractivity contribution in [3.8, 4) is 5.75 Å². The van der Waals surface area contributed by atoms with Crippen LogP contribution < -0.4 is 10.1 Å². The van der Waals surface area contributed by atoms with Crippen LogP contribution >= 0.6 is 0 Å². The molecule has 5 nitrogen and oxygen atoms in total. The molecule has 0 bridgehead atoms. The van der Waals surface area contributed by atoms with Crippen molar-refractivity contribution in [1.29, 1.82) is 0 Å². The van der Waals surface area contributed by atoms with Crippen molar-refractivity contribution in [3.05, 3.63) is 30.5 Å². The first kappa shape index (κ1) is 18.2. The maximum absolute atomic E-state index is 12.8. The van der Waals surface area contributed by atoms with E-state index in [9.17, 15) is 4.79 Å². The van der Waals surface area contributed by atoms with Crippen molar-refractivity contribution >= 4 is 22.5 Å². The van der Waals surface area contributed by atoms with Gasteiger partial charge >= 0.3 is 0 Å². The fraction of sp³-hybridized carbons (Fsp3) is 0.474. The van der Waals surface area contributed by atoms with E-state index in [-0.39, 0.29) is 5.91 Å². The van der Waals surface area contributed by atoms with Gasteiger partial charge in [0.15, 0.2) is 0 Å². The number of ether oxygens (including phenoxy) is 2. The number of nitrogens with zero attached hydrogens (tertiary/aromatic N) is 1. The molecule has 1 aromatic heterocycles. The van der Waals surface area contributed by atoms with E-state index >= 15 is 0 Å². The maximum Gasteiger partial charge on any atom is 0.256 e. The summed E-state index contributed by atoms with van der Waals surface area (Å²) in [6.45, 7) is 3.97. The minimum Gasteiger partial charge on any atom is -0.494 e. The molecule has 24 heavy (non-hydrogen) atoms. The van der Waals surface area contributed by atoms with Gasteiger partial charge in [-0.1, -0.05) is 26.2 Å². The first-order valence-electron chi connectivity index (χ1n) is 8.34. The van der Waals surface area contributed by atoms with Gasteiger partial charge in [-0.2, -0.15) is 0 Å². The Balaban J connectivity index is 2.26. The lowest BCUT2D eigenvalue weighted by atomic mass is 9.96. The molecular formula is C19H26N2O3. The number of hydrogen-bond acceptors (Lipinski definition) is 4. The van der Waals surface area contributed by atoms with E-state index in [4.69, 9.17) is 9.47 Å². The molecule has 5 heteroatoms. The fourth-order valence-electron chi connectivity index (χ4n) is 2.70. The zero-order valence-electron chi connectivity index (χ0n) is 14.9. The molecule has 0 fully saturated rings. The second-order valence-electron chi connectivity index (χ2n) is 6.06. The summed E-state index contributed by atoms with van der Waals surface area (Å²) in [5.41, 5.74) is 0.592. The van der Waals surface area contributed by atoms with E-state index in [0.29, 0.717) is 17.9 Å². The van der Waals surface area contributed by atoms with E-state index in [0.717, 1.165) is 30.2 Å². The number of anilines is 1. The third-order valence-electron chi connectivity index (χ3n) is 4.39. The topological polar surface area (TPSA) is 60.5 Å². The zero-order valence-corrected chi connectivity index (χ0v) is 14.9. The van der Waals surface area contributed by atoms with Crippen LogP contribution in [0.3, 0.4) is 0 Å². The maximum atomic E-state index is 12.8. The minimum absolute atomic E-state index is 0.142. The summed E-state index contributed by atoms with van der Waals surface area (Å²) >= 11 is 0. The van der Waals surface area contributed by atoms with Crippen LogP contribution in [0.5, 0.6) is 5.75 Å². The third kappa shape index (κ3) is 3.85. The molecule has 0 aliphatic rings. The summed E-state index contributed by atoms with van der Waals surface area (Å²) < 4.78 is 10.9. The van der Waals surface area contributed by atoms with Crippen LogP contribution in [0, 0.1) is 0 Å². The van der Waals surface area contributed by atoms with Gasteiger partial charge in [0.1, 0.15) is 16.9 Å². The summed E-state index contributed by atoms with van der Waals surface area (Å²) in [5.74, 6) is 0.539. The highest BCUT2D eigenvalue weighted by molar-refractivity contribution is 6.05. The lowest BCUT2D eigenvalue weighted by Gasteiger charge is -2.27. The molecule has 0 aliphatic carbocycles. The molecule has 0 unspecified atom stereocenters. The largest absolute Gasteiger partial charge is 0.494 e. The van der Waals surface area contributed by atoms with Crippen LogP contribution in [-0.4, -0.2) is 30.7 Å². The number of rotatable bonds is 8. The number of unbranched alkanes of at least 4 members (excludes halogenated alkanes) is 2. The number of aromatic nitrogens is 1. The molecule has 130 valence electrons. The number of pyridine rings is 1. The van der Waals surface area contributed by atoms with Crippen LogP contribution in [0.1, 0.15) is 39.5 Å². The third-order valence-corrected chi connectivity index (χ3v) is 4.39. The Hall–Kier alpha value is -2.14. The monoisotopic (exact) mass is 330 g/mol. The molecule has 2 rings (SSSR count).